The molecule has 2 aromatic carbocycles. The van der Waals surface area contributed by atoms with Gasteiger partial charge in [0.15, 0.2) is 0 Å². The maximum atomic E-state index is 6.23. The molecule has 0 aromatic heterocycles. The Morgan fingerprint density at radius 3 is 2.60 bits per heavy atom. The van der Waals surface area contributed by atoms with Gasteiger partial charge in [-0.15, -0.1) is 11.8 Å². The molecule has 1 unspecified atom stereocenters. The van der Waals surface area contributed by atoms with Crippen molar-refractivity contribution in [1.82, 2.24) is 0 Å². The van der Waals surface area contributed by atoms with Crippen molar-refractivity contribution in [3.63, 3.8) is 0 Å². The van der Waals surface area contributed by atoms with E-state index in [1.54, 1.807) is 24.9 Å². The number of thioether (sulfide) groups is 1. The van der Waals surface area contributed by atoms with E-state index < -0.39 is 0 Å². The molecule has 0 saturated heterocycles. The number of hydrogen-bond acceptors (Lipinski definition) is 3. The number of para-hydroxylation sites is 1. The van der Waals surface area contributed by atoms with Gasteiger partial charge in [0.2, 0.25) is 0 Å². The molecule has 5 heteroatoms. The lowest BCUT2D eigenvalue weighted by atomic mass is 10.1. The first-order valence-corrected chi connectivity index (χ1v) is 7.82. The molecule has 0 bridgehead atoms. The van der Waals surface area contributed by atoms with Gasteiger partial charge in [0.1, 0.15) is 5.75 Å². The average Bonchev–Trinajstić information content (AvgIpc) is 2.48. The molecule has 0 spiro atoms. The van der Waals surface area contributed by atoms with Crippen molar-refractivity contribution in [2.75, 3.05) is 12.9 Å². The van der Waals surface area contributed by atoms with E-state index in [0.29, 0.717) is 10.0 Å². The van der Waals surface area contributed by atoms with Crippen molar-refractivity contribution in [3.05, 3.63) is 58.1 Å². The van der Waals surface area contributed by atoms with Gasteiger partial charge in [0, 0.05) is 22.3 Å². The van der Waals surface area contributed by atoms with Crippen molar-refractivity contribution in [2.45, 2.75) is 10.9 Å². The largest absolute Gasteiger partial charge is 0.496 e. The molecule has 0 radical (unpaired) electrons. The van der Waals surface area contributed by atoms with Gasteiger partial charge in [-0.2, -0.15) is 0 Å². The third kappa shape index (κ3) is 3.83. The van der Waals surface area contributed by atoms with Crippen molar-refractivity contribution < 1.29 is 4.74 Å². The molecule has 106 valence electrons. The van der Waals surface area contributed by atoms with Crippen LogP contribution in [0.1, 0.15) is 11.6 Å². The number of nitrogens with two attached hydrogens (primary N) is 1. The summed E-state index contributed by atoms with van der Waals surface area (Å²) in [4.78, 5) is 1.05. The number of rotatable bonds is 5. The van der Waals surface area contributed by atoms with Crippen molar-refractivity contribution in [2.24, 2.45) is 5.73 Å². The maximum Gasteiger partial charge on any atom is 0.123 e. The van der Waals surface area contributed by atoms with E-state index in [-0.39, 0.29) is 6.04 Å². The van der Waals surface area contributed by atoms with E-state index in [1.165, 1.54) is 0 Å². The van der Waals surface area contributed by atoms with Crippen LogP contribution >= 0.6 is 35.0 Å². The normalized spacial score (nSPS) is 12.2. The van der Waals surface area contributed by atoms with Crippen LogP contribution in [-0.2, 0) is 0 Å². The quantitative estimate of drug-likeness (QED) is 0.801. The molecule has 0 amide bonds. The molecule has 2 rings (SSSR count). The highest BCUT2D eigenvalue weighted by atomic mass is 35.5. The molecule has 0 aliphatic heterocycles. The van der Waals surface area contributed by atoms with E-state index >= 15 is 0 Å². The second-order valence-electron chi connectivity index (χ2n) is 4.24. The highest BCUT2D eigenvalue weighted by Gasteiger charge is 2.12. The lowest BCUT2D eigenvalue weighted by Crippen LogP contribution is -2.14. The summed E-state index contributed by atoms with van der Waals surface area (Å²) in [5, 5.41) is 1.12. The van der Waals surface area contributed by atoms with Gasteiger partial charge >= 0.3 is 0 Å². The second-order valence-corrected chi connectivity index (χ2v) is 6.14. The molecular formula is C15H15Cl2NOS. The van der Waals surface area contributed by atoms with Crippen LogP contribution in [0.2, 0.25) is 10.0 Å². The monoisotopic (exact) mass is 327 g/mol. The maximum absolute atomic E-state index is 6.23. The van der Waals surface area contributed by atoms with Crippen LogP contribution < -0.4 is 10.5 Å². The van der Waals surface area contributed by atoms with Gasteiger partial charge in [-0.25, -0.2) is 0 Å². The lowest BCUT2D eigenvalue weighted by molar-refractivity contribution is 0.407. The van der Waals surface area contributed by atoms with Crippen LogP contribution in [0, 0.1) is 0 Å². The Morgan fingerprint density at radius 2 is 1.90 bits per heavy atom. The fourth-order valence-corrected chi connectivity index (χ4v) is 3.09. The molecule has 2 aromatic rings. The predicted octanol–water partition coefficient (Wildman–Crippen LogP) is 4.79. The van der Waals surface area contributed by atoms with Crippen molar-refractivity contribution in [3.8, 4) is 5.75 Å². The smallest absolute Gasteiger partial charge is 0.123 e. The fourth-order valence-electron chi connectivity index (χ4n) is 1.82. The summed E-state index contributed by atoms with van der Waals surface area (Å²) in [6.07, 6.45) is 0. The minimum Gasteiger partial charge on any atom is -0.496 e. The zero-order chi connectivity index (χ0) is 14.5. The van der Waals surface area contributed by atoms with Crippen LogP contribution in [-0.4, -0.2) is 12.9 Å². The molecular weight excluding hydrogens is 313 g/mol. The highest BCUT2D eigenvalue weighted by molar-refractivity contribution is 7.99. The summed E-state index contributed by atoms with van der Waals surface area (Å²) in [5.41, 5.74) is 7.23. The Labute approximate surface area is 133 Å². The first-order valence-electron chi connectivity index (χ1n) is 6.08. The Morgan fingerprint density at radius 1 is 1.15 bits per heavy atom. The Hall–Kier alpha value is -0.870. The van der Waals surface area contributed by atoms with Crippen molar-refractivity contribution in [1.29, 1.82) is 0 Å². The molecule has 0 aliphatic carbocycles. The molecule has 20 heavy (non-hydrogen) atoms. The SMILES string of the molecule is COc1ccccc1C(N)CSc1ccc(Cl)c(Cl)c1. The number of halogens is 2. The highest BCUT2D eigenvalue weighted by Crippen LogP contribution is 2.31. The Kier molecular flexibility index (Phi) is 5.61. The van der Waals surface area contributed by atoms with Crippen LogP contribution in [0.5, 0.6) is 5.75 Å². The molecule has 2 nitrogen and oxygen atoms in total. The van der Waals surface area contributed by atoms with Gasteiger partial charge in [0.05, 0.1) is 17.2 Å². The Bertz CT molecular complexity index is 592. The van der Waals surface area contributed by atoms with Gasteiger partial charge < -0.3 is 10.5 Å². The summed E-state index contributed by atoms with van der Waals surface area (Å²) >= 11 is 13.5. The van der Waals surface area contributed by atoms with E-state index in [1.807, 2.05) is 36.4 Å². The molecule has 0 aliphatic rings. The van der Waals surface area contributed by atoms with Gasteiger partial charge in [-0.3, -0.25) is 0 Å². The molecule has 2 N–H and O–H groups in total. The first kappa shape index (κ1) is 15.5. The zero-order valence-corrected chi connectivity index (χ0v) is 13.3. The molecule has 0 heterocycles. The minimum atomic E-state index is -0.106. The standard InChI is InChI=1S/C15H15Cl2NOS/c1-19-15-5-3-2-4-11(15)14(18)9-20-10-6-7-12(16)13(17)8-10/h2-8,14H,9,18H2,1H3. The average molecular weight is 328 g/mol. The van der Waals surface area contributed by atoms with Gasteiger partial charge in [-0.1, -0.05) is 41.4 Å². The van der Waals surface area contributed by atoms with Gasteiger partial charge in [0.25, 0.3) is 0 Å². The Balaban J connectivity index is 2.04. The third-order valence-electron chi connectivity index (χ3n) is 2.86. The molecule has 0 saturated carbocycles. The summed E-state index contributed by atoms with van der Waals surface area (Å²) in [6, 6.07) is 13.3. The summed E-state index contributed by atoms with van der Waals surface area (Å²) in [7, 11) is 1.65. The number of benzene rings is 2. The van der Waals surface area contributed by atoms with Crippen LogP contribution in [0.4, 0.5) is 0 Å². The fraction of sp³-hybridized carbons (Fsp3) is 0.200. The minimum absolute atomic E-state index is 0.106. The van der Waals surface area contributed by atoms with E-state index in [0.717, 1.165) is 22.0 Å². The summed E-state index contributed by atoms with van der Waals surface area (Å²) in [5.74, 6) is 1.55. The number of ether oxygens (including phenoxy) is 1. The van der Waals surface area contributed by atoms with E-state index in [2.05, 4.69) is 0 Å². The topological polar surface area (TPSA) is 35.2 Å². The number of hydrogen-bond donors (Lipinski definition) is 1. The molecule has 1 atom stereocenters. The van der Waals surface area contributed by atoms with Crippen LogP contribution in [0.25, 0.3) is 0 Å². The second kappa shape index (κ2) is 7.23. The zero-order valence-electron chi connectivity index (χ0n) is 11.0. The van der Waals surface area contributed by atoms with Gasteiger partial charge in [-0.05, 0) is 24.3 Å². The number of methoxy groups -OCH3 is 1. The van der Waals surface area contributed by atoms with E-state index in [9.17, 15) is 0 Å². The lowest BCUT2D eigenvalue weighted by Gasteiger charge is -2.15. The first-order chi connectivity index (χ1) is 9.61. The van der Waals surface area contributed by atoms with Crippen LogP contribution in [0.15, 0.2) is 47.4 Å². The summed E-state index contributed by atoms with van der Waals surface area (Å²) in [6.45, 7) is 0. The van der Waals surface area contributed by atoms with Crippen molar-refractivity contribution >= 4 is 35.0 Å². The van der Waals surface area contributed by atoms with Crippen LogP contribution in [0.3, 0.4) is 0 Å². The van der Waals surface area contributed by atoms with E-state index in [4.69, 9.17) is 33.7 Å². The predicted molar refractivity (Wildman–Crippen MR) is 87.1 cm³/mol. The third-order valence-corrected chi connectivity index (χ3v) is 4.71. The summed E-state index contributed by atoms with van der Waals surface area (Å²) < 4.78 is 5.33. The molecule has 0 fully saturated rings.